The molecule has 0 aromatic rings. The summed E-state index contributed by atoms with van der Waals surface area (Å²) in [4.78, 5) is 0. The zero-order valence-corrected chi connectivity index (χ0v) is 18.2. The lowest BCUT2D eigenvalue weighted by molar-refractivity contribution is 0.878. The van der Waals surface area contributed by atoms with Gasteiger partial charge in [0.15, 0.2) is 0 Å². The van der Waals surface area contributed by atoms with Crippen LogP contribution in [0.5, 0.6) is 0 Å². The van der Waals surface area contributed by atoms with Crippen molar-refractivity contribution in [2.45, 2.75) is 86.5 Å². The largest absolute Gasteiger partial charge is 0.122 e. The Balaban J connectivity index is 4.55. The Morgan fingerprint density at radius 1 is 0.600 bits per heavy atom. The Morgan fingerprint density at radius 3 is 1.68 bits per heavy atom. The van der Waals surface area contributed by atoms with Gasteiger partial charge >= 0.3 is 0 Å². The third kappa shape index (κ3) is 16.2. The van der Waals surface area contributed by atoms with Crippen LogP contribution in [-0.2, 0) is 0 Å². The molecule has 0 amide bonds. The van der Waals surface area contributed by atoms with Gasteiger partial charge in [0.25, 0.3) is 0 Å². The lowest BCUT2D eigenvalue weighted by Gasteiger charge is -2.06. The topological polar surface area (TPSA) is 0 Å². The zero-order valence-electron chi connectivity index (χ0n) is 17.4. The van der Waals surface area contributed by atoms with E-state index in [0.717, 1.165) is 32.1 Å². The first kappa shape index (κ1) is 24.0. The molecule has 0 atom stereocenters. The molecule has 0 saturated heterocycles. The highest BCUT2D eigenvalue weighted by Gasteiger charge is 1.97. The lowest BCUT2D eigenvalue weighted by Crippen LogP contribution is -1.86. The molecule has 0 fully saturated rings. The normalized spacial score (nSPS) is 13.0. The second-order valence-electron chi connectivity index (χ2n) is 7.50. The molecule has 0 saturated carbocycles. The van der Waals surface area contributed by atoms with E-state index in [1.165, 1.54) is 35.1 Å². The molecule has 25 heavy (non-hydrogen) atoms. The second-order valence-corrected chi connectivity index (χ2v) is 7.81. The highest BCUT2D eigenvalue weighted by molar-refractivity contribution is 6.18. The van der Waals surface area contributed by atoms with Crippen LogP contribution in [0.2, 0.25) is 0 Å². The molecular weight excluding hydrogens is 324 g/mol. The van der Waals surface area contributed by atoms with Crippen molar-refractivity contribution < 1.29 is 0 Å². The van der Waals surface area contributed by atoms with E-state index < -0.39 is 0 Å². The van der Waals surface area contributed by atoms with Crippen molar-refractivity contribution in [2.24, 2.45) is 0 Å². The Bertz CT molecular complexity index is 504. The van der Waals surface area contributed by atoms with E-state index in [1.807, 2.05) is 0 Å². The molecule has 0 heterocycles. The van der Waals surface area contributed by atoms with Gasteiger partial charge in [0.2, 0.25) is 0 Å². The van der Waals surface area contributed by atoms with Crippen LogP contribution in [0, 0.1) is 0 Å². The molecule has 0 unspecified atom stereocenters. The van der Waals surface area contributed by atoms with E-state index in [9.17, 15) is 0 Å². The van der Waals surface area contributed by atoms with Crippen molar-refractivity contribution >= 4 is 11.6 Å². The Morgan fingerprint density at radius 2 is 1.12 bits per heavy atom. The van der Waals surface area contributed by atoms with E-state index in [4.69, 9.17) is 11.6 Å². The summed E-state index contributed by atoms with van der Waals surface area (Å²) in [5.74, 6) is 0.622. The molecule has 0 nitrogen and oxygen atoms in total. The standard InChI is InChI=1S/C24H39Cl/c1-20(2)10-7-11-22(5)12-8-14-24(17-16-21(3)4)15-9-13-23(6)18-19-25/h10,12,15-16,18H,7-9,11,13-14,17,19H2,1-6H3. The van der Waals surface area contributed by atoms with Gasteiger partial charge < -0.3 is 0 Å². The van der Waals surface area contributed by atoms with Crippen LogP contribution in [-0.4, -0.2) is 5.88 Å². The Kier molecular flexibility index (Phi) is 14.6. The van der Waals surface area contributed by atoms with Gasteiger partial charge in [-0.3, -0.25) is 0 Å². The molecule has 0 aliphatic carbocycles. The number of hydrogen-bond acceptors (Lipinski definition) is 0. The summed E-state index contributed by atoms with van der Waals surface area (Å²) in [5.41, 5.74) is 7.28. The monoisotopic (exact) mass is 362 g/mol. The van der Waals surface area contributed by atoms with Crippen LogP contribution >= 0.6 is 11.6 Å². The van der Waals surface area contributed by atoms with E-state index in [0.29, 0.717) is 5.88 Å². The summed E-state index contributed by atoms with van der Waals surface area (Å²) in [5, 5.41) is 0. The third-order valence-electron chi connectivity index (χ3n) is 4.22. The number of halogens is 1. The van der Waals surface area contributed by atoms with Gasteiger partial charge in [-0.05, 0) is 86.5 Å². The molecule has 0 bridgehead atoms. The third-order valence-corrected chi connectivity index (χ3v) is 4.37. The van der Waals surface area contributed by atoms with Crippen LogP contribution in [0.25, 0.3) is 0 Å². The van der Waals surface area contributed by atoms with Gasteiger partial charge in [-0.15, -0.1) is 11.6 Å². The first-order chi connectivity index (χ1) is 11.8. The summed E-state index contributed by atoms with van der Waals surface area (Å²) in [7, 11) is 0. The van der Waals surface area contributed by atoms with Crippen molar-refractivity contribution in [2.75, 3.05) is 5.88 Å². The summed E-state index contributed by atoms with van der Waals surface area (Å²) < 4.78 is 0. The average Bonchev–Trinajstić information content (AvgIpc) is 2.51. The maximum atomic E-state index is 5.76. The van der Waals surface area contributed by atoms with Crippen LogP contribution in [0.4, 0.5) is 0 Å². The van der Waals surface area contributed by atoms with E-state index in [-0.39, 0.29) is 0 Å². The van der Waals surface area contributed by atoms with Crippen molar-refractivity contribution in [3.05, 3.63) is 58.2 Å². The van der Waals surface area contributed by atoms with Crippen molar-refractivity contribution in [1.29, 1.82) is 0 Å². The van der Waals surface area contributed by atoms with Crippen molar-refractivity contribution in [3.63, 3.8) is 0 Å². The molecule has 142 valence electrons. The Hall–Kier alpha value is -1.01. The molecule has 0 radical (unpaired) electrons. The SMILES string of the molecule is CC(C)=CCCC(C)=CCCC(=CCCC(C)=CCCl)CC=C(C)C. The first-order valence-corrected chi connectivity index (χ1v) is 10.2. The minimum Gasteiger partial charge on any atom is -0.122 e. The van der Waals surface area contributed by atoms with Gasteiger partial charge in [0.1, 0.15) is 0 Å². The molecule has 1 heteroatoms. The fourth-order valence-electron chi connectivity index (χ4n) is 2.55. The van der Waals surface area contributed by atoms with Crippen molar-refractivity contribution in [1.82, 2.24) is 0 Å². The van der Waals surface area contributed by atoms with Crippen LogP contribution in [0.1, 0.15) is 86.5 Å². The van der Waals surface area contributed by atoms with Crippen LogP contribution < -0.4 is 0 Å². The van der Waals surface area contributed by atoms with Crippen LogP contribution in [0.15, 0.2) is 58.2 Å². The average molecular weight is 363 g/mol. The second kappa shape index (κ2) is 15.3. The predicted molar refractivity (Wildman–Crippen MR) is 117 cm³/mol. The first-order valence-electron chi connectivity index (χ1n) is 9.67. The highest BCUT2D eigenvalue weighted by atomic mass is 35.5. The summed E-state index contributed by atoms with van der Waals surface area (Å²) in [6, 6.07) is 0. The van der Waals surface area contributed by atoms with Gasteiger partial charge in [0.05, 0.1) is 0 Å². The quantitative estimate of drug-likeness (QED) is 0.240. The maximum Gasteiger partial charge on any atom is 0.0406 e. The minimum atomic E-state index is 0.622. The molecular formula is C24H39Cl. The predicted octanol–water partition coefficient (Wildman–Crippen LogP) is 8.71. The summed E-state index contributed by atoms with van der Waals surface area (Å²) in [6.45, 7) is 13.1. The minimum absolute atomic E-state index is 0.622. The molecule has 0 spiro atoms. The number of hydrogen-bond donors (Lipinski definition) is 0. The smallest absolute Gasteiger partial charge is 0.0406 e. The molecule has 0 N–H and O–H groups in total. The molecule has 0 aromatic heterocycles. The number of allylic oxidation sites excluding steroid dienone is 10. The molecule has 0 aliphatic heterocycles. The van der Waals surface area contributed by atoms with Gasteiger partial charge in [0, 0.05) is 5.88 Å². The van der Waals surface area contributed by atoms with Gasteiger partial charge in [-0.25, -0.2) is 0 Å². The fourth-order valence-corrected chi connectivity index (χ4v) is 2.82. The van der Waals surface area contributed by atoms with E-state index in [1.54, 1.807) is 5.57 Å². The van der Waals surface area contributed by atoms with Crippen LogP contribution in [0.3, 0.4) is 0 Å². The molecule has 0 aromatic carbocycles. The summed E-state index contributed by atoms with van der Waals surface area (Å²) >= 11 is 5.76. The van der Waals surface area contributed by atoms with E-state index >= 15 is 0 Å². The van der Waals surface area contributed by atoms with Crippen molar-refractivity contribution in [3.8, 4) is 0 Å². The summed E-state index contributed by atoms with van der Waals surface area (Å²) in [6.07, 6.45) is 19.6. The fraction of sp³-hybridized carbons (Fsp3) is 0.583. The number of rotatable bonds is 12. The highest BCUT2D eigenvalue weighted by Crippen LogP contribution is 2.17. The lowest BCUT2D eigenvalue weighted by atomic mass is 10.0. The Labute approximate surface area is 162 Å². The maximum absolute atomic E-state index is 5.76. The van der Waals surface area contributed by atoms with Gasteiger partial charge in [-0.2, -0.15) is 0 Å². The number of alkyl halides is 1. The molecule has 0 rings (SSSR count). The van der Waals surface area contributed by atoms with Gasteiger partial charge in [-0.1, -0.05) is 58.2 Å². The molecule has 0 aliphatic rings. The van der Waals surface area contributed by atoms with E-state index in [2.05, 4.69) is 71.9 Å². The zero-order chi connectivity index (χ0) is 19.1.